The number of nitrogens with two attached hydrogens (primary N) is 2. The highest BCUT2D eigenvalue weighted by molar-refractivity contribution is 6.28. The molecule has 1 aliphatic carbocycles. The van der Waals surface area contributed by atoms with Crippen molar-refractivity contribution in [3.05, 3.63) is 69.8 Å². The molecule has 0 heterocycles. The van der Waals surface area contributed by atoms with E-state index in [-0.39, 0.29) is 22.4 Å². The SMILES string of the molecule is CC(CCCC(C)(C)c1ccc2c(c1)C(=O)c1ccc(C(C)(C)CCCC(C)CCNNC(=O)NN)cc1C2=O)CCNNC(=O)NN. The Kier molecular flexibility index (Phi) is 14.1. The van der Waals surface area contributed by atoms with Crippen LogP contribution in [0.25, 0.3) is 0 Å². The second kappa shape index (κ2) is 17.5. The average Bonchev–Trinajstić information content (AvgIpc) is 3.06. The van der Waals surface area contributed by atoms with Gasteiger partial charge in [0.25, 0.3) is 0 Å². The van der Waals surface area contributed by atoms with Gasteiger partial charge < -0.3 is 0 Å². The fourth-order valence-electron chi connectivity index (χ4n) is 6.35. The first kappa shape index (κ1) is 38.6. The topological polar surface area (TPSA) is 192 Å². The van der Waals surface area contributed by atoms with Crippen LogP contribution in [0.5, 0.6) is 0 Å². The summed E-state index contributed by atoms with van der Waals surface area (Å²) in [7, 11) is 0. The molecular weight excluding hydrogens is 608 g/mol. The highest BCUT2D eigenvalue weighted by atomic mass is 16.2. The Morgan fingerprint density at radius 1 is 0.625 bits per heavy atom. The number of hydrogen-bond acceptors (Lipinski definition) is 8. The highest BCUT2D eigenvalue weighted by Gasteiger charge is 2.33. The number of amides is 4. The van der Waals surface area contributed by atoms with Gasteiger partial charge in [-0.25, -0.2) is 32.1 Å². The highest BCUT2D eigenvalue weighted by Crippen LogP contribution is 2.37. The van der Waals surface area contributed by atoms with E-state index in [4.69, 9.17) is 11.7 Å². The predicted octanol–water partition coefficient (Wildman–Crippen LogP) is 4.77. The minimum atomic E-state index is -0.475. The normalized spacial score (nSPS) is 14.1. The van der Waals surface area contributed by atoms with Crippen molar-refractivity contribution in [2.45, 2.75) is 104 Å². The quantitative estimate of drug-likeness (QED) is 0.0413. The third kappa shape index (κ3) is 10.6. The van der Waals surface area contributed by atoms with Crippen LogP contribution >= 0.6 is 0 Å². The molecule has 2 aromatic rings. The summed E-state index contributed by atoms with van der Waals surface area (Å²) in [5.74, 6) is 10.9. The van der Waals surface area contributed by atoms with Gasteiger partial charge in [-0.3, -0.25) is 31.3 Å². The molecule has 48 heavy (non-hydrogen) atoms. The third-order valence-electron chi connectivity index (χ3n) is 9.77. The lowest BCUT2D eigenvalue weighted by molar-refractivity contribution is 0.0978. The van der Waals surface area contributed by atoms with Crippen LogP contribution in [0.3, 0.4) is 0 Å². The molecule has 0 saturated heterocycles. The van der Waals surface area contributed by atoms with E-state index in [9.17, 15) is 19.2 Å². The van der Waals surface area contributed by atoms with Gasteiger partial charge in [-0.15, -0.1) is 0 Å². The number of fused-ring (bicyclic) bond motifs is 2. The van der Waals surface area contributed by atoms with Gasteiger partial charge in [-0.05, 0) is 83.7 Å². The molecule has 0 aromatic heterocycles. The fourth-order valence-corrected chi connectivity index (χ4v) is 6.35. The van der Waals surface area contributed by atoms with Gasteiger partial charge in [-0.1, -0.05) is 79.4 Å². The third-order valence-corrected chi connectivity index (χ3v) is 9.77. The van der Waals surface area contributed by atoms with Gasteiger partial charge in [0.1, 0.15) is 0 Å². The molecule has 2 unspecified atom stereocenters. The summed E-state index contributed by atoms with van der Waals surface area (Å²) in [4.78, 5) is 49.8. The number of benzene rings is 2. The van der Waals surface area contributed by atoms with Gasteiger partial charge in [0.2, 0.25) is 0 Å². The first-order chi connectivity index (χ1) is 22.7. The largest absolute Gasteiger partial charge is 0.343 e. The number of ketones is 2. The minimum absolute atomic E-state index is 0.0967. The van der Waals surface area contributed by atoms with Gasteiger partial charge in [0, 0.05) is 35.3 Å². The van der Waals surface area contributed by atoms with Gasteiger partial charge in [0.05, 0.1) is 0 Å². The maximum atomic E-state index is 13.8. The molecule has 2 atom stereocenters. The molecule has 264 valence electrons. The fraction of sp³-hybridized carbons (Fsp3) is 0.556. The number of carbonyl (C=O) groups excluding carboxylic acids is 4. The van der Waals surface area contributed by atoms with Crippen molar-refractivity contribution in [3.63, 3.8) is 0 Å². The molecule has 2 aromatic carbocycles. The molecule has 0 aliphatic heterocycles. The van der Waals surface area contributed by atoms with Crippen LogP contribution < -0.4 is 44.2 Å². The molecule has 0 radical (unpaired) electrons. The molecule has 0 saturated carbocycles. The lowest BCUT2D eigenvalue weighted by Crippen LogP contribution is -2.47. The number of nitrogens with one attached hydrogen (secondary N) is 6. The van der Waals surface area contributed by atoms with E-state index in [0.29, 0.717) is 47.2 Å². The zero-order valence-corrected chi connectivity index (χ0v) is 29.5. The number of carbonyl (C=O) groups is 4. The zero-order valence-electron chi connectivity index (χ0n) is 29.5. The van der Waals surface area contributed by atoms with Crippen LogP contribution in [-0.2, 0) is 10.8 Å². The maximum Gasteiger partial charge on any atom is 0.343 e. The van der Waals surface area contributed by atoms with Crippen molar-refractivity contribution < 1.29 is 19.2 Å². The zero-order chi connectivity index (χ0) is 35.5. The van der Waals surface area contributed by atoms with Crippen molar-refractivity contribution in [2.75, 3.05) is 13.1 Å². The van der Waals surface area contributed by atoms with Gasteiger partial charge in [0.15, 0.2) is 11.6 Å². The number of hydrogen-bond donors (Lipinski definition) is 8. The Hall–Kier alpha value is -3.84. The standard InChI is InChI=1S/C36H56N8O4/c1-23(15-19-39-43-33(47)41-37)9-7-17-35(3,4)25-11-13-27-29(21-25)31(45)28-14-12-26(22-30(28)32(27)46)36(5,6)18-8-10-24(2)16-20-40-44-34(48)42-38/h11-14,21-24,39-40H,7-10,15-20,37-38H2,1-6H3,(H2,41,43,47)(H2,42,44,48). The van der Waals surface area contributed by atoms with E-state index in [0.717, 1.165) is 62.5 Å². The van der Waals surface area contributed by atoms with E-state index in [1.54, 1.807) is 0 Å². The molecular formula is C36H56N8O4. The summed E-state index contributed by atoms with van der Waals surface area (Å²) < 4.78 is 0. The maximum absolute atomic E-state index is 13.8. The molecule has 12 heteroatoms. The Morgan fingerprint density at radius 3 is 1.35 bits per heavy atom. The number of hydrazine groups is 4. The smallest absolute Gasteiger partial charge is 0.289 e. The summed E-state index contributed by atoms with van der Waals surface area (Å²) >= 11 is 0. The number of urea groups is 2. The van der Waals surface area contributed by atoms with Crippen LogP contribution in [-0.4, -0.2) is 36.7 Å². The van der Waals surface area contributed by atoms with E-state index in [1.165, 1.54) is 0 Å². The van der Waals surface area contributed by atoms with Crippen molar-refractivity contribution in [2.24, 2.45) is 23.5 Å². The van der Waals surface area contributed by atoms with E-state index in [1.807, 2.05) is 47.2 Å². The second-order valence-corrected chi connectivity index (χ2v) is 14.6. The molecule has 12 nitrogen and oxygen atoms in total. The van der Waals surface area contributed by atoms with Crippen molar-refractivity contribution in [3.8, 4) is 0 Å². The second-order valence-electron chi connectivity index (χ2n) is 14.6. The van der Waals surface area contributed by atoms with Crippen LogP contribution in [0.2, 0.25) is 0 Å². The molecule has 4 amide bonds. The predicted molar refractivity (Wildman–Crippen MR) is 189 cm³/mol. The average molecular weight is 665 g/mol. The lowest BCUT2D eigenvalue weighted by atomic mass is 9.74. The van der Waals surface area contributed by atoms with Gasteiger partial charge >= 0.3 is 12.1 Å². The van der Waals surface area contributed by atoms with Crippen LogP contribution in [0.1, 0.15) is 136 Å². The first-order valence-electron chi connectivity index (χ1n) is 17.1. The summed E-state index contributed by atoms with van der Waals surface area (Å²) in [6.07, 6.45) is 7.80. The summed E-state index contributed by atoms with van der Waals surface area (Å²) in [5, 5.41) is 0. The molecule has 0 fully saturated rings. The Labute approximate surface area is 285 Å². The summed E-state index contributed by atoms with van der Waals surface area (Å²) in [6, 6.07) is 10.6. The molecule has 1 aliphatic rings. The Bertz CT molecular complexity index is 1330. The lowest BCUT2D eigenvalue weighted by Gasteiger charge is -2.29. The van der Waals surface area contributed by atoms with Crippen molar-refractivity contribution in [1.29, 1.82) is 0 Å². The molecule has 10 N–H and O–H groups in total. The number of rotatable bonds is 18. The van der Waals surface area contributed by atoms with Crippen LogP contribution in [0.15, 0.2) is 36.4 Å². The Morgan fingerprint density at radius 2 is 1.00 bits per heavy atom. The first-order valence-corrected chi connectivity index (χ1v) is 17.1. The molecule has 3 rings (SSSR count). The van der Waals surface area contributed by atoms with E-state index < -0.39 is 12.1 Å². The minimum Gasteiger partial charge on any atom is -0.289 e. The van der Waals surface area contributed by atoms with Crippen molar-refractivity contribution in [1.82, 2.24) is 32.6 Å². The molecule has 0 spiro atoms. The summed E-state index contributed by atoms with van der Waals surface area (Å²) in [5.41, 5.74) is 18.4. The van der Waals surface area contributed by atoms with Crippen LogP contribution in [0.4, 0.5) is 9.59 Å². The van der Waals surface area contributed by atoms with Gasteiger partial charge in [-0.2, -0.15) is 0 Å². The van der Waals surface area contributed by atoms with Crippen molar-refractivity contribution >= 4 is 23.6 Å². The van der Waals surface area contributed by atoms with Crippen LogP contribution in [0, 0.1) is 11.8 Å². The summed E-state index contributed by atoms with van der Waals surface area (Å²) in [6.45, 7) is 14.4. The monoisotopic (exact) mass is 664 g/mol. The van der Waals surface area contributed by atoms with E-state index in [2.05, 4.69) is 63.2 Å². The molecule has 0 bridgehead atoms. The Balaban J connectivity index is 1.58. The van der Waals surface area contributed by atoms with E-state index >= 15 is 0 Å².